The minimum absolute atomic E-state index is 0.127. The molecular weight excluding hydrogens is 366 g/mol. The van der Waals surface area contributed by atoms with Gasteiger partial charge in [0.05, 0.1) is 21.7 Å². The summed E-state index contributed by atoms with van der Waals surface area (Å²) in [5.41, 5.74) is 0.114. The molecule has 0 aliphatic carbocycles. The van der Waals surface area contributed by atoms with Crippen LogP contribution in [0.4, 0.5) is 10.8 Å². The van der Waals surface area contributed by atoms with Gasteiger partial charge in [-0.2, -0.15) is 0 Å². The molecule has 0 atom stereocenters. The lowest BCUT2D eigenvalue weighted by Gasteiger charge is -2.05. The van der Waals surface area contributed by atoms with E-state index in [4.69, 9.17) is 4.74 Å². The summed E-state index contributed by atoms with van der Waals surface area (Å²) in [5, 5.41) is 11.2. The minimum Gasteiger partial charge on any atom is -0.494 e. The number of anilines is 1. The monoisotopic (exact) mass is 379 g/mol. The van der Waals surface area contributed by atoms with E-state index in [-0.39, 0.29) is 5.13 Å². The topological polar surface area (TPSA) is 111 Å². The third-order valence-electron chi connectivity index (χ3n) is 3.24. The molecule has 0 unspecified atom stereocenters. The van der Waals surface area contributed by atoms with Crippen LogP contribution in [0.5, 0.6) is 5.75 Å². The molecule has 0 aliphatic rings. The van der Waals surface area contributed by atoms with Crippen LogP contribution in [0.2, 0.25) is 0 Å². The van der Waals surface area contributed by atoms with E-state index in [2.05, 4.69) is 9.71 Å². The normalized spacial score (nSPS) is 11.4. The number of nitro benzene ring substituents is 1. The van der Waals surface area contributed by atoms with E-state index in [9.17, 15) is 18.5 Å². The van der Waals surface area contributed by atoms with Crippen LogP contribution in [-0.2, 0) is 10.0 Å². The highest BCUT2D eigenvalue weighted by Crippen LogP contribution is 2.32. The summed E-state index contributed by atoms with van der Waals surface area (Å²) >= 11 is 1.12. The molecule has 0 spiro atoms. The molecule has 0 aliphatic heterocycles. The Hall–Kier alpha value is -2.72. The average Bonchev–Trinajstić information content (AvgIpc) is 2.95. The van der Waals surface area contributed by atoms with Crippen molar-refractivity contribution in [2.45, 2.75) is 11.8 Å². The number of aromatic nitrogens is 1. The van der Waals surface area contributed by atoms with Gasteiger partial charge in [0.2, 0.25) is 0 Å². The largest absolute Gasteiger partial charge is 0.494 e. The SMILES string of the molecule is CCOc1ccc2nc(NS(=O)(=O)c3ccccc3[N+](=O)[O-])sc2c1. The molecule has 0 saturated heterocycles. The van der Waals surface area contributed by atoms with Gasteiger partial charge in [0.25, 0.3) is 15.7 Å². The fourth-order valence-electron chi connectivity index (χ4n) is 2.21. The highest BCUT2D eigenvalue weighted by Gasteiger charge is 2.26. The summed E-state index contributed by atoms with van der Waals surface area (Å²) in [6.07, 6.45) is 0. The summed E-state index contributed by atoms with van der Waals surface area (Å²) in [6.45, 7) is 2.38. The summed E-state index contributed by atoms with van der Waals surface area (Å²) in [5.74, 6) is 0.659. The fourth-order valence-corrected chi connectivity index (χ4v) is 4.51. The molecule has 0 amide bonds. The highest BCUT2D eigenvalue weighted by molar-refractivity contribution is 7.93. The van der Waals surface area contributed by atoms with Crippen LogP contribution >= 0.6 is 11.3 Å². The Balaban J connectivity index is 1.96. The Morgan fingerprint density at radius 3 is 2.76 bits per heavy atom. The van der Waals surface area contributed by atoms with Gasteiger partial charge in [-0.15, -0.1) is 0 Å². The molecular formula is C15H13N3O5S2. The zero-order chi connectivity index (χ0) is 18.0. The van der Waals surface area contributed by atoms with Crippen LogP contribution in [0.3, 0.4) is 0 Å². The lowest BCUT2D eigenvalue weighted by Crippen LogP contribution is -2.14. The van der Waals surface area contributed by atoms with Crippen LogP contribution in [0.15, 0.2) is 47.4 Å². The smallest absolute Gasteiger partial charge is 0.289 e. The van der Waals surface area contributed by atoms with Crippen molar-refractivity contribution < 1.29 is 18.1 Å². The standard InChI is InChI=1S/C15H13N3O5S2/c1-2-23-10-7-8-11-13(9-10)24-15(16-11)17-25(21,22)14-6-4-3-5-12(14)18(19)20/h3-9H,2H2,1H3,(H,16,17). The minimum atomic E-state index is -4.13. The third kappa shape index (κ3) is 3.54. The number of ether oxygens (including phenoxy) is 1. The van der Waals surface area contributed by atoms with E-state index in [0.717, 1.165) is 22.1 Å². The third-order valence-corrected chi connectivity index (χ3v) is 5.69. The van der Waals surface area contributed by atoms with Gasteiger partial charge < -0.3 is 4.74 Å². The molecule has 0 fully saturated rings. The van der Waals surface area contributed by atoms with Gasteiger partial charge in [-0.1, -0.05) is 23.5 Å². The molecule has 130 valence electrons. The number of nitrogens with zero attached hydrogens (tertiary/aromatic N) is 2. The number of nitro groups is 1. The zero-order valence-electron chi connectivity index (χ0n) is 13.0. The summed E-state index contributed by atoms with van der Waals surface area (Å²) in [7, 11) is -4.13. The van der Waals surface area contributed by atoms with E-state index in [1.807, 2.05) is 6.92 Å². The number of sulfonamides is 1. The van der Waals surface area contributed by atoms with Crippen LogP contribution in [-0.4, -0.2) is 24.9 Å². The molecule has 3 aromatic rings. The predicted octanol–water partition coefficient (Wildman–Crippen LogP) is 3.40. The van der Waals surface area contributed by atoms with Crippen LogP contribution in [0.1, 0.15) is 6.92 Å². The zero-order valence-corrected chi connectivity index (χ0v) is 14.6. The lowest BCUT2D eigenvalue weighted by molar-refractivity contribution is -0.387. The van der Waals surface area contributed by atoms with Gasteiger partial charge in [0.15, 0.2) is 10.0 Å². The van der Waals surface area contributed by atoms with Gasteiger partial charge in [0, 0.05) is 6.07 Å². The maximum atomic E-state index is 12.5. The Labute approximate surface area is 147 Å². The number of hydrogen-bond acceptors (Lipinski definition) is 7. The van der Waals surface area contributed by atoms with Crippen molar-refractivity contribution in [3.63, 3.8) is 0 Å². The maximum Gasteiger partial charge on any atom is 0.289 e. The van der Waals surface area contributed by atoms with Crippen molar-refractivity contribution >= 4 is 42.4 Å². The summed E-state index contributed by atoms with van der Waals surface area (Å²) < 4.78 is 33.4. The Bertz CT molecular complexity index is 1050. The molecule has 0 bridgehead atoms. The molecule has 1 N–H and O–H groups in total. The first-order valence-electron chi connectivity index (χ1n) is 7.20. The van der Waals surface area contributed by atoms with Crippen molar-refractivity contribution in [1.82, 2.24) is 4.98 Å². The number of nitrogens with one attached hydrogen (secondary N) is 1. The van der Waals surface area contributed by atoms with E-state index < -0.39 is 25.5 Å². The predicted molar refractivity (Wildman–Crippen MR) is 94.7 cm³/mol. The van der Waals surface area contributed by atoms with Crippen molar-refractivity contribution in [3.8, 4) is 5.75 Å². The molecule has 0 radical (unpaired) electrons. The van der Waals surface area contributed by atoms with E-state index in [1.165, 1.54) is 18.2 Å². The Morgan fingerprint density at radius 2 is 2.04 bits per heavy atom. The molecule has 0 saturated carbocycles. The van der Waals surface area contributed by atoms with Gasteiger partial charge in [0.1, 0.15) is 5.75 Å². The fraction of sp³-hybridized carbons (Fsp3) is 0.133. The number of thiazole rings is 1. The molecule has 1 aromatic heterocycles. The van der Waals surface area contributed by atoms with Crippen molar-refractivity contribution in [2.24, 2.45) is 0 Å². The summed E-state index contributed by atoms with van der Waals surface area (Å²) in [4.78, 5) is 14.1. The highest BCUT2D eigenvalue weighted by atomic mass is 32.2. The van der Waals surface area contributed by atoms with E-state index in [1.54, 1.807) is 18.2 Å². The van der Waals surface area contributed by atoms with Crippen molar-refractivity contribution in [2.75, 3.05) is 11.3 Å². The number of para-hydroxylation sites is 1. The molecule has 3 rings (SSSR count). The maximum absolute atomic E-state index is 12.5. The molecule has 1 heterocycles. The molecule has 25 heavy (non-hydrogen) atoms. The van der Waals surface area contributed by atoms with E-state index >= 15 is 0 Å². The Kier molecular flexibility index (Phi) is 4.55. The first-order valence-corrected chi connectivity index (χ1v) is 9.50. The first kappa shape index (κ1) is 17.1. The summed E-state index contributed by atoms with van der Waals surface area (Å²) in [6, 6.07) is 10.4. The molecule has 10 heteroatoms. The molecule has 8 nitrogen and oxygen atoms in total. The van der Waals surface area contributed by atoms with E-state index in [0.29, 0.717) is 17.9 Å². The van der Waals surface area contributed by atoms with Gasteiger partial charge in [-0.3, -0.25) is 14.8 Å². The Morgan fingerprint density at radius 1 is 1.28 bits per heavy atom. The van der Waals surface area contributed by atoms with Crippen LogP contribution < -0.4 is 9.46 Å². The van der Waals surface area contributed by atoms with Gasteiger partial charge >= 0.3 is 0 Å². The van der Waals surface area contributed by atoms with Crippen LogP contribution in [0.25, 0.3) is 10.2 Å². The second-order valence-electron chi connectivity index (χ2n) is 4.91. The second-order valence-corrected chi connectivity index (χ2v) is 7.59. The lowest BCUT2D eigenvalue weighted by atomic mass is 10.3. The average molecular weight is 379 g/mol. The van der Waals surface area contributed by atoms with Crippen molar-refractivity contribution in [1.29, 1.82) is 0 Å². The quantitative estimate of drug-likeness (QED) is 0.519. The number of fused-ring (bicyclic) bond motifs is 1. The number of hydrogen-bond donors (Lipinski definition) is 1. The first-order chi connectivity index (χ1) is 11.9. The second kappa shape index (κ2) is 6.65. The number of rotatable bonds is 6. The number of benzene rings is 2. The van der Waals surface area contributed by atoms with Gasteiger partial charge in [-0.05, 0) is 31.2 Å². The van der Waals surface area contributed by atoms with Gasteiger partial charge in [-0.25, -0.2) is 13.4 Å². The van der Waals surface area contributed by atoms with Crippen molar-refractivity contribution in [3.05, 3.63) is 52.6 Å². The molecule has 2 aromatic carbocycles. The van der Waals surface area contributed by atoms with Crippen LogP contribution in [0, 0.1) is 10.1 Å².